The minimum atomic E-state index is -0.770. The van der Waals surface area contributed by atoms with Crippen LogP contribution in [-0.4, -0.2) is 37.2 Å². The van der Waals surface area contributed by atoms with E-state index in [0.29, 0.717) is 19.3 Å². The molecule has 0 aliphatic rings. The van der Waals surface area contributed by atoms with E-state index in [0.717, 1.165) is 83.5 Å². The first-order chi connectivity index (χ1) is 34.0. The molecule has 0 saturated carbocycles. The molecule has 69 heavy (non-hydrogen) atoms. The summed E-state index contributed by atoms with van der Waals surface area (Å²) in [6.07, 6.45) is 71.6. The number of ether oxygens (including phenoxy) is 3. The number of hydrogen-bond donors (Lipinski definition) is 0. The molecule has 0 aliphatic heterocycles. The summed E-state index contributed by atoms with van der Waals surface area (Å²) in [4.78, 5) is 37.8. The molecule has 0 aromatic rings. The van der Waals surface area contributed by atoms with Crippen LogP contribution in [0.1, 0.15) is 316 Å². The zero-order chi connectivity index (χ0) is 50.0. The van der Waals surface area contributed by atoms with Gasteiger partial charge in [-0.15, -0.1) is 0 Å². The zero-order valence-corrected chi connectivity index (χ0v) is 46.1. The highest BCUT2D eigenvalue weighted by Crippen LogP contribution is 2.17. The summed E-state index contributed by atoms with van der Waals surface area (Å²) >= 11 is 0. The summed E-state index contributed by atoms with van der Waals surface area (Å²) < 4.78 is 16.7. The van der Waals surface area contributed by atoms with Gasteiger partial charge < -0.3 is 14.2 Å². The van der Waals surface area contributed by atoms with Crippen molar-refractivity contribution < 1.29 is 28.6 Å². The second kappa shape index (κ2) is 57.9. The van der Waals surface area contributed by atoms with Gasteiger partial charge in [0.15, 0.2) is 6.10 Å². The highest BCUT2D eigenvalue weighted by molar-refractivity contribution is 5.71. The van der Waals surface area contributed by atoms with Crippen molar-refractivity contribution in [3.05, 3.63) is 48.6 Å². The fraction of sp³-hybridized carbons (Fsp3) is 0.825. The van der Waals surface area contributed by atoms with Crippen LogP contribution in [0.15, 0.2) is 48.6 Å². The van der Waals surface area contributed by atoms with E-state index >= 15 is 0 Å². The molecule has 6 nitrogen and oxygen atoms in total. The first-order valence-electron chi connectivity index (χ1n) is 30.1. The lowest BCUT2D eigenvalue weighted by atomic mass is 10.0. The molecule has 0 saturated heterocycles. The molecule has 0 radical (unpaired) electrons. The highest BCUT2D eigenvalue weighted by Gasteiger charge is 2.19. The molecular formula is C63H114O6. The van der Waals surface area contributed by atoms with E-state index in [-0.39, 0.29) is 31.1 Å². The van der Waals surface area contributed by atoms with Crippen molar-refractivity contribution >= 4 is 17.9 Å². The molecule has 0 rings (SSSR count). The Hall–Kier alpha value is -2.63. The van der Waals surface area contributed by atoms with Crippen LogP contribution in [0.25, 0.3) is 0 Å². The van der Waals surface area contributed by atoms with Gasteiger partial charge in [-0.25, -0.2) is 0 Å². The van der Waals surface area contributed by atoms with Crippen LogP contribution in [0.5, 0.6) is 0 Å². The Bertz CT molecular complexity index is 1200. The van der Waals surface area contributed by atoms with Gasteiger partial charge in [-0.3, -0.25) is 14.4 Å². The van der Waals surface area contributed by atoms with E-state index in [1.54, 1.807) is 0 Å². The third-order valence-corrected chi connectivity index (χ3v) is 13.3. The predicted molar refractivity (Wildman–Crippen MR) is 298 cm³/mol. The second-order valence-corrected chi connectivity index (χ2v) is 20.3. The molecule has 402 valence electrons. The van der Waals surface area contributed by atoms with Crippen molar-refractivity contribution in [2.24, 2.45) is 0 Å². The summed E-state index contributed by atoms with van der Waals surface area (Å²) in [5.41, 5.74) is 0. The van der Waals surface area contributed by atoms with Crippen LogP contribution >= 0.6 is 0 Å². The van der Waals surface area contributed by atoms with Gasteiger partial charge in [0.2, 0.25) is 0 Å². The molecule has 1 unspecified atom stereocenters. The molecule has 0 heterocycles. The van der Waals surface area contributed by atoms with Crippen molar-refractivity contribution in [2.75, 3.05) is 13.2 Å². The summed E-state index contributed by atoms with van der Waals surface area (Å²) in [6.45, 7) is 6.56. The van der Waals surface area contributed by atoms with Crippen molar-refractivity contribution in [1.82, 2.24) is 0 Å². The molecule has 0 aromatic carbocycles. The lowest BCUT2D eigenvalue weighted by Gasteiger charge is -2.18. The molecular weight excluding hydrogens is 853 g/mol. The SMILES string of the molecule is CCCC/C=C\CCCCCCCC(=O)OC(COC(=O)CCCCCCCCC)COC(=O)CCCCCCCCCCCCCCCCCCCC/C=C\C/C=C\C/C=C\CCCCCCC. The predicted octanol–water partition coefficient (Wildman–Crippen LogP) is 20.2. The number of rotatable bonds is 55. The second-order valence-electron chi connectivity index (χ2n) is 20.3. The zero-order valence-electron chi connectivity index (χ0n) is 46.1. The average Bonchev–Trinajstić information content (AvgIpc) is 3.35. The largest absolute Gasteiger partial charge is 0.462 e. The fourth-order valence-corrected chi connectivity index (χ4v) is 8.73. The summed E-state index contributed by atoms with van der Waals surface area (Å²) in [5.74, 6) is -0.878. The number of esters is 3. The van der Waals surface area contributed by atoms with E-state index in [9.17, 15) is 14.4 Å². The standard InChI is InChI=1S/C63H114O6/c1-4-7-10-13-16-18-20-21-22-23-24-25-26-27-28-29-30-31-32-33-34-35-36-37-38-39-40-41-43-44-47-50-53-56-62(65)68-59-60(58-67-61(64)55-52-49-46-15-12-9-6-3)69-63(66)57-54-51-48-45-42-19-17-14-11-8-5-2/h14,17,20-21,23-24,26-27,60H,4-13,15-16,18-19,22,25,28-59H2,1-3H3/b17-14-,21-20-,24-23-,27-26-. The number of allylic oxidation sites excluding steroid dienone is 8. The Morgan fingerprint density at radius 3 is 0.870 bits per heavy atom. The van der Waals surface area contributed by atoms with Gasteiger partial charge in [-0.05, 0) is 77.0 Å². The van der Waals surface area contributed by atoms with Gasteiger partial charge >= 0.3 is 17.9 Å². The molecule has 0 amide bonds. The van der Waals surface area contributed by atoms with Crippen LogP contribution in [0.4, 0.5) is 0 Å². The monoisotopic (exact) mass is 967 g/mol. The molecule has 6 heteroatoms. The summed E-state index contributed by atoms with van der Waals surface area (Å²) in [6, 6.07) is 0. The van der Waals surface area contributed by atoms with Crippen LogP contribution < -0.4 is 0 Å². The number of unbranched alkanes of at least 4 members (excludes halogenated alkanes) is 36. The molecule has 0 spiro atoms. The van der Waals surface area contributed by atoms with Gasteiger partial charge in [0.1, 0.15) is 13.2 Å². The van der Waals surface area contributed by atoms with Gasteiger partial charge in [0.25, 0.3) is 0 Å². The van der Waals surface area contributed by atoms with Crippen LogP contribution in [0, 0.1) is 0 Å². The van der Waals surface area contributed by atoms with Crippen molar-refractivity contribution in [3.8, 4) is 0 Å². The van der Waals surface area contributed by atoms with Crippen molar-refractivity contribution in [2.45, 2.75) is 322 Å². The van der Waals surface area contributed by atoms with E-state index < -0.39 is 6.10 Å². The summed E-state index contributed by atoms with van der Waals surface area (Å²) in [7, 11) is 0. The van der Waals surface area contributed by atoms with E-state index in [1.165, 1.54) is 193 Å². The number of carbonyl (C=O) groups excluding carboxylic acids is 3. The first-order valence-corrected chi connectivity index (χ1v) is 30.1. The molecule has 0 aliphatic carbocycles. The number of carbonyl (C=O) groups is 3. The van der Waals surface area contributed by atoms with Gasteiger partial charge in [-0.1, -0.05) is 268 Å². The third kappa shape index (κ3) is 56.2. The molecule has 1 atom stereocenters. The first kappa shape index (κ1) is 66.4. The van der Waals surface area contributed by atoms with Crippen molar-refractivity contribution in [1.29, 1.82) is 0 Å². The Morgan fingerprint density at radius 2 is 0.536 bits per heavy atom. The topological polar surface area (TPSA) is 78.9 Å². The maximum Gasteiger partial charge on any atom is 0.306 e. The molecule has 0 fully saturated rings. The van der Waals surface area contributed by atoms with E-state index in [1.807, 2.05) is 0 Å². The minimum Gasteiger partial charge on any atom is -0.462 e. The Morgan fingerprint density at radius 1 is 0.290 bits per heavy atom. The van der Waals surface area contributed by atoms with Gasteiger partial charge in [0.05, 0.1) is 0 Å². The highest BCUT2D eigenvalue weighted by atomic mass is 16.6. The molecule has 0 bridgehead atoms. The van der Waals surface area contributed by atoms with Crippen LogP contribution in [0.2, 0.25) is 0 Å². The minimum absolute atomic E-state index is 0.0728. The summed E-state index contributed by atoms with van der Waals surface area (Å²) in [5, 5.41) is 0. The van der Waals surface area contributed by atoms with E-state index in [2.05, 4.69) is 69.4 Å². The smallest absolute Gasteiger partial charge is 0.306 e. The average molecular weight is 968 g/mol. The Kier molecular flexibility index (Phi) is 55.7. The lowest BCUT2D eigenvalue weighted by Crippen LogP contribution is -2.30. The quantitative estimate of drug-likeness (QED) is 0.0262. The fourth-order valence-electron chi connectivity index (χ4n) is 8.73. The maximum absolute atomic E-state index is 12.7. The molecule has 0 N–H and O–H groups in total. The van der Waals surface area contributed by atoms with Crippen molar-refractivity contribution in [3.63, 3.8) is 0 Å². The Labute approximate surface area is 428 Å². The normalized spacial score (nSPS) is 12.3. The van der Waals surface area contributed by atoms with Gasteiger partial charge in [0, 0.05) is 19.3 Å². The van der Waals surface area contributed by atoms with Crippen LogP contribution in [0.3, 0.4) is 0 Å². The number of hydrogen-bond acceptors (Lipinski definition) is 6. The van der Waals surface area contributed by atoms with Crippen LogP contribution in [-0.2, 0) is 28.6 Å². The Balaban J connectivity index is 3.93. The molecule has 0 aromatic heterocycles. The maximum atomic E-state index is 12.7. The van der Waals surface area contributed by atoms with E-state index in [4.69, 9.17) is 14.2 Å². The van der Waals surface area contributed by atoms with Gasteiger partial charge in [-0.2, -0.15) is 0 Å². The lowest BCUT2D eigenvalue weighted by molar-refractivity contribution is -0.167. The third-order valence-electron chi connectivity index (χ3n) is 13.3.